The summed E-state index contributed by atoms with van der Waals surface area (Å²) in [5.41, 5.74) is 0.655. The second kappa shape index (κ2) is 5.19. The van der Waals surface area contributed by atoms with Crippen molar-refractivity contribution in [1.82, 2.24) is 4.90 Å². The van der Waals surface area contributed by atoms with Gasteiger partial charge in [0.1, 0.15) is 6.10 Å². The SMILES string of the molecule is C/C=C(/C)C(=O)O[C@@H]1CCN2CC[C@H](CO)[C@H]12. The van der Waals surface area contributed by atoms with E-state index in [9.17, 15) is 9.90 Å². The molecule has 0 amide bonds. The van der Waals surface area contributed by atoms with Crippen LogP contribution in [0.15, 0.2) is 11.6 Å². The summed E-state index contributed by atoms with van der Waals surface area (Å²) in [7, 11) is 0. The molecule has 2 aliphatic rings. The van der Waals surface area contributed by atoms with E-state index in [-0.39, 0.29) is 30.6 Å². The molecule has 2 rings (SSSR count). The van der Waals surface area contributed by atoms with Gasteiger partial charge in [-0.3, -0.25) is 4.90 Å². The molecular formula is C13H21NO3. The van der Waals surface area contributed by atoms with E-state index in [1.807, 2.05) is 6.92 Å². The molecule has 0 aromatic heterocycles. The summed E-state index contributed by atoms with van der Waals surface area (Å²) >= 11 is 0. The third-order valence-electron chi connectivity index (χ3n) is 4.02. The molecule has 0 aliphatic carbocycles. The first-order valence-corrected chi connectivity index (χ1v) is 6.36. The molecule has 0 radical (unpaired) electrons. The summed E-state index contributed by atoms with van der Waals surface area (Å²) in [4.78, 5) is 14.1. The van der Waals surface area contributed by atoms with Gasteiger partial charge in [0.25, 0.3) is 0 Å². The van der Waals surface area contributed by atoms with Crippen LogP contribution in [0.1, 0.15) is 26.7 Å². The van der Waals surface area contributed by atoms with Crippen LogP contribution in [0.3, 0.4) is 0 Å². The molecule has 2 fully saturated rings. The van der Waals surface area contributed by atoms with Gasteiger partial charge in [0.05, 0.1) is 6.04 Å². The number of fused-ring (bicyclic) bond motifs is 1. The lowest BCUT2D eigenvalue weighted by Gasteiger charge is -2.25. The number of rotatable bonds is 3. The van der Waals surface area contributed by atoms with Crippen molar-refractivity contribution in [2.45, 2.75) is 38.8 Å². The smallest absolute Gasteiger partial charge is 0.333 e. The minimum absolute atomic E-state index is 0.0444. The van der Waals surface area contributed by atoms with Crippen molar-refractivity contribution >= 4 is 5.97 Å². The van der Waals surface area contributed by atoms with Crippen LogP contribution in [0.4, 0.5) is 0 Å². The fraction of sp³-hybridized carbons (Fsp3) is 0.769. The maximum Gasteiger partial charge on any atom is 0.333 e. The Morgan fingerprint density at radius 3 is 2.82 bits per heavy atom. The summed E-state index contributed by atoms with van der Waals surface area (Å²) in [6, 6.07) is 0.230. The lowest BCUT2D eigenvalue weighted by molar-refractivity contribution is -0.145. The molecule has 0 saturated carbocycles. The van der Waals surface area contributed by atoms with E-state index in [4.69, 9.17) is 4.74 Å². The van der Waals surface area contributed by atoms with Crippen LogP contribution in [0, 0.1) is 5.92 Å². The van der Waals surface area contributed by atoms with Gasteiger partial charge < -0.3 is 9.84 Å². The lowest BCUT2D eigenvalue weighted by Crippen LogP contribution is -2.38. The van der Waals surface area contributed by atoms with Gasteiger partial charge in [-0.05, 0) is 33.2 Å². The highest BCUT2D eigenvalue weighted by molar-refractivity contribution is 5.87. The van der Waals surface area contributed by atoms with Gasteiger partial charge in [-0.1, -0.05) is 6.08 Å². The molecule has 1 N–H and O–H groups in total. The van der Waals surface area contributed by atoms with Crippen molar-refractivity contribution < 1.29 is 14.6 Å². The Hall–Kier alpha value is -0.870. The molecule has 4 heteroatoms. The Morgan fingerprint density at radius 2 is 2.18 bits per heavy atom. The van der Waals surface area contributed by atoms with Gasteiger partial charge in [-0.25, -0.2) is 4.79 Å². The highest BCUT2D eigenvalue weighted by atomic mass is 16.5. The minimum Gasteiger partial charge on any atom is -0.457 e. The molecule has 4 nitrogen and oxygen atoms in total. The van der Waals surface area contributed by atoms with Crippen LogP contribution >= 0.6 is 0 Å². The summed E-state index contributed by atoms with van der Waals surface area (Å²) in [6.07, 6.45) is 3.63. The molecule has 2 heterocycles. The third kappa shape index (κ3) is 2.38. The summed E-state index contributed by atoms with van der Waals surface area (Å²) < 4.78 is 5.55. The molecule has 0 aromatic rings. The predicted molar refractivity (Wildman–Crippen MR) is 64.5 cm³/mol. The fourth-order valence-electron chi connectivity index (χ4n) is 2.89. The zero-order valence-corrected chi connectivity index (χ0v) is 10.6. The van der Waals surface area contributed by atoms with E-state index in [0.29, 0.717) is 5.57 Å². The zero-order chi connectivity index (χ0) is 12.4. The number of hydrogen-bond acceptors (Lipinski definition) is 4. The van der Waals surface area contributed by atoms with Gasteiger partial charge in [0, 0.05) is 24.6 Å². The lowest BCUT2D eigenvalue weighted by atomic mass is 9.97. The Kier molecular flexibility index (Phi) is 3.84. The summed E-state index contributed by atoms with van der Waals surface area (Å²) in [5.74, 6) is 0.0455. The van der Waals surface area contributed by atoms with Crippen LogP contribution in [0.25, 0.3) is 0 Å². The average Bonchev–Trinajstić information content (AvgIpc) is 2.90. The van der Waals surface area contributed by atoms with Crippen LogP contribution in [-0.4, -0.2) is 47.8 Å². The van der Waals surface area contributed by atoms with E-state index in [1.54, 1.807) is 13.0 Å². The van der Waals surface area contributed by atoms with E-state index >= 15 is 0 Å². The monoisotopic (exact) mass is 239 g/mol. The molecule has 0 unspecified atom stereocenters. The number of hydrogen-bond donors (Lipinski definition) is 1. The van der Waals surface area contributed by atoms with E-state index in [1.165, 1.54) is 0 Å². The maximum atomic E-state index is 11.7. The molecule has 0 bridgehead atoms. The molecule has 2 saturated heterocycles. The van der Waals surface area contributed by atoms with Crippen molar-refractivity contribution in [1.29, 1.82) is 0 Å². The second-order valence-electron chi connectivity index (χ2n) is 4.96. The van der Waals surface area contributed by atoms with Crippen molar-refractivity contribution in [3.8, 4) is 0 Å². The highest BCUT2D eigenvalue weighted by Gasteiger charge is 2.45. The second-order valence-corrected chi connectivity index (χ2v) is 4.96. The Balaban J connectivity index is 2.00. The highest BCUT2D eigenvalue weighted by Crippen LogP contribution is 2.34. The summed E-state index contributed by atoms with van der Waals surface area (Å²) in [6.45, 7) is 5.80. The molecule has 0 aromatic carbocycles. The van der Waals surface area contributed by atoms with Crippen LogP contribution in [0.5, 0.6) is 0 Å². The number of carbonyl (C=O) groups is 1. The third-order valence-corrected chi connectivity index (χ3v) is 4.02. The van der Waals surface area contributed by atoms with Crippen molar-refractivity contribution in [2.24, 2.45) is 5.92 Å². The first-order chi connectivity index (χ1) is 8.17. The number of carbonyl (C=O) groups excluding carboxylic acids is 1. The van der Waals surface area contributed by atoms with Crippen LogP contribution < -0.4 is 0 Å². The zero-order valence-electron chi connectivity index (χ0n) is 10.6. The molecule has 96 valence electrons. The van der Waals surface area contributed by atoms with Crippen molar-refractivity contribution in [2.75, 3.05) is 19.7 Å². The molecule has 0 spiro atoms. The fourth-order valence-corrected chi connectivity index (χ4v) is 2.89. The number of aliphatic hydroxyl groups is 1. The largest absolute Gasteiger partial charge is 0.457 e. The maximum absolute atomic E-state index is 11.7. The normalized spacial score (nSPS) is 33.8. The Bertz CT molecular complexity index is 327. The van der Waals surface area contributed by atoms with E-state index in [2.05, 4.69) is 4.90 Å². The van der Waals surface area contributed by atoms with Gasteiger partial charge in [-0.2, -0.15) is 0 Å². The summed E-state index contributed by atoms with van der Waals surface area (Å²) in [5, 5.41) is 9.34. The quantitative estimate of drug-likeness (QED) is 0.588. The number of allylic oxidation sites excluding steroid dienone is 1. The Morgan fingerprint density at radius 1 is 1.47 bits per heavy atom. The first kappa shape index (κ1) is 12.6. The van der Waals surface area contributed by atoms with Crippen molar-refractivity contribution in [3.63, 3.8) is 0 Å². The van der Waals surface area contributed by atoms with Gasteiger partial charge in [0.15, 0.2) is 0 Å². The topological polar surface area (TPSA) is 49.8 Å². The Labute approximate surface area is 102 Å². The standard InChI is InChI=1S/C13H21NO3/c1-3-9(2)13(16)17-11-5-7-14-6-4-10(8-15)12(11)14/h3,10-12,15H,4-8H2,1-2H3/b9-3-/t10-,11-,12-/m1/s1. The van der Waals surface area contributed by atoms with E-state index in [0.717, 1.165) is 25.9 Å². The van der Waals surface area contributed by atoms with Gasteiger partial charge in [0.2, 0.25) is 0 Å². The molecule has 17 heavy (non-hydrogen) atoms. The van der Waals surface area contributed by atoms with Gasteiger partial charge in [-0.15, -0.1) is 0 Å². The van der Waals surface area contributed by atoms with Gasteiger partial charge >= 0.3 is 5.97 Å². The van der Waals surface area contributed by atoms with Crippen molar-refractivity contribution in [3.05, 3.63) is 11.6 Å². The average molecular weight is 239 g/mol. The van der Waals surface area contributed by atoms with Crippen LogP contribution in [-0.2, 0) is 9.53 Å². The minimum atomic E-state index is -0.220. The molecule has 3 atom stereocenters. The molecular weight excluding hydrogens is 218 g/mol. The number of nitrogens with zero attached hydrogens (tertiary/aromatic N) is 1. The number of ether oxygens (including phenoxy) is 1. The van der Waals surface area contributed by atoms with E-state index < -0.39 is 0 Å². The predicted octanol–water partition coefficient (Wildman–Crippen LogP) is 0.951. The number of esters is 1. The van der Waals surface area contributed by atoms with Crippen LogP contribution in [0.2, 0.25) is 0 Å². The number of aliphatic hydroxyl groups excluding tert-OH is 1. The first-order valence-electron chi connectivity index (χ1n) is 6.36. The molecule has 2 aliphatic heterocycles.